The fourth-order valence-corrected chi connectivity index (χ4v) is 2.65. The molecule has 0 aliphatic heterocycles. The van der Waals surface area contributed by atoms with Crippen LogP contribution in [-0.2, 0) is 5.54 Å². The number of rotatable bonds is 9. The second-order valence-corrected chi connectivity index (χ2v) is 5.72. The molecule has 0 aromatic heterocycles. The van der Waals surface area contributed by atoms with Crippen molar-refractivity contribution in [3.63, 3.8) is 0 Å². The molecule has 1 aromatic rings. The van der Waals surface area contributed by atoms with Crippen molar-refractivity contribution in [1.82, 2.24) is 10.2 Å². The van der Waals surface area contributed by atoms with Crippen molar-refractivity contribution in [2.75, 3.05) is 27.2 Å². The van der Waals surface area contributed by atoms with E-state index in [9.17, 15) is 5.11 Å². The Morgan fingerprint density at radius 1 is 1.30 bits per heavy atom. The van der Waals surface area contributed by atoms with E-state index in [1.54, 1.807) is 0 Å². The number of aliphatic hydroxyl groups excluding tert-OH is 1. The van der Waals surface area contributed by atoms with Gasteiger partial charge in [0.05, 0.1) is 12.1 Å². The minimum absolute atomic E-state index is 0.115. The van der Waals surface area contributed by atoms with Gasteiger partial charge in [0.2, 0.25) is 0 Å². The van der Waals surface area contributed by atoms with Crippen LogP contribution in [0.5, 0.6) is 0 Å². The van der Waals surface area contributed by atoms with Gasteiger partial charge in [-0.3, -0.25) is 0 Å². The van der Waals surface area contributed by atoms with Gasteiger partial charge in [-0.05, 0) is 39.4 Å². The molecule has 1 rings (SSSR count). The van der Waals surface area contributed by atoms with Gasteiger partial charge in [-0.1, -0.05) is 43.7 Å². The van der Waals surface area contributed by atoms with Gasteiger partial charge in [0.1, 0.15) is 0 Å². The fourth-order valence-electron chi connectivity index (χ4n) is 2.65. The van der Waals surface area contributed by atoms with Gasteiger partial charge in [0.15, 0.2) is 0 Å². The first-order chi connectivity index (χ1) is 9.59. The van der Waals surface area contributed by atoms with Crippen LogP contribution in [0.4, 0.5) is 0 Å². The molecule has 2 N–H and O–H groups in total. The third kappa shape index (κ3) is 4.30. The number of benzene rings is 1. The van der Waals surface area contributed by atoms with Gasteiger partial charge in [-0.2, -0.15) is 0 Å². The summed E-state index contributed by atoms with van der Waals surface area (Å²) >= 11 is 0. The van der Waals surface area contributed by atoms with Gasteiger partial charge in [0.25, 0.3) is 0 Å². The molecular weight excluding hydrogens is 248 g/mol. The molecule has 114 valence electrons. The van der Waals surface area contributed by atoms with Crippen molar-refractivity contribution in [1.29, 1.82) is 0 Å². The summed E-state index contributed by atoms with van der Waals surface area (Å²) in [5.74, 6) is 0. The largest absolute Gasteiger partial charge is 0.394 e. The van der Waals surface area contributed by atoms with Crippen molar-refractivity contribution in [3.05, 3.63) is 35.9 Å². The maximum Gasteiger partial charge on any atom is 0.0678 e. The van der Waals surface area contributed by atoms with E-state index in [-0.39, 0.29) is 12.1 Å². The summed E-state index contributed by atoms with van der Waals surface area (Å²) in [6.45, 7) is 5.58. The van der Waals surface area contributed by atoms with Crippen molar-refractivity contribution in [3.8, 4) is 0 Å². The predicted molar refractivity (Wildman–Crippen MR) is 85.9 cm³/mol. The van der Waals surface area contributed by atoms with Gasteiger partial charge < -0.3 is 15.3 Å². The van der Waals surface area contributed by atoms with Crippen molar-refractivity contribution < 1.29 is 5.11 Å². The summed E-state index contributed by atoms with van der Waals surface area (Å²) < 4.78 is 0. The van der Waals surface area contributed by atoms with E-state index < -0.39 is 0 Å². The van der Waals surface area contributed by atoms with E-state index in [4.69, 9.17) is 0 Å². The summed E-state index contributed by atoms with van der Waals surface area (Å²) in [5.41, 5.74) is 0.808. The molecule has 1 aromatic carbocycles. The first-order valence-electron chi connectivity index (χ1n) is 7.65. The maximum atomic E-state index is 9.90. The molecule has 0 fully saturated rings. The van der Waals surface area contributed by atoms with E-state index in [2.05, 4.69) is 43.2 Å². The number of likely N-dealkylation sites (N-methyl/N-ethyl adjacent to an activating group) is 1. The van der Waals surface area contributed by atoms with Crippen molar-refractivity contribution in [2.45, 2.75) is 44.7 Å². The van der Waals surface area contributed by atoms with Crippen LogP contribution in [0.25, 0.3) is 0 Å². The van der Waals surface area contributed by atoms with Crippen LogP contribution in [0, 0.1) is 0 Å². The van der Waals surface area contributed by atoms with E-state index in [1.807, 2.05) is 25.2 Å². The molecule has 0 aliphatic carbocycles. The second kappa shape index (κ2) is 8.40. The normalized spacial score (nSPS) is 16.1. The highest BCUT2D eigenvalue weighted by atomic mass is 16.3. The number of hydrogen-bond acceptors (Lipinski definition) is 3. The molecule has 0 bridgehead atoms. The molecule has 2 unspecified atom stereocenters. The molecule has 3 heteroatoms. The first-order valence-corrected chi connectivity index (χ1v) is 7.65. The van der Waals surface area contributed by atoms with Crippen molar-refractivity contribution in [2.24, 2.45) is 0 Å². The molecule has 20 heavy (non-hydrogen) atoms. The van der Waals surface area contributed by atoms with Crippen LogP contribution in [0.15, 0.2) is 30.3 Å². The minimum atomic E-state index is -0.346. The standard InChI is InChI=1S/C17H30N2O/c1-5-9-15(2)19(4)13-12-17(14-20,18-3)16-10-7-6-8-11-16/h6-8,10-11,15,18,20H,5,9,12-14H2,1-4H3. The molecule has 0 amide bonds. The Kier molecular flexibility index (Phi) is 7.20. The minimum Gasteiger partial charge on any atom is -0.394 e. The van der Waals surface area contributed by atoms with Gasteiger partial charge in [-0.15, -0.1) is 0 Å². The molecular formula is C17H30N2O. The SMILES string of the molecule is CCCC(C)N(C)CCC(CO)(NC)c1ccccc1. The molecule has 2 atom stereocenters. The highest BCUT2D eigenvalue weighted by molar-refractivity contribution is 5.24. The molecule has 0 radical (unpaired) electrons. The van der Waals surface area contributed by atoms with E-state index in [0.29, 0.717) is 6.04 Å². The lowest BCUT2D eigenvalue weighted by Gasteiger charge is -2.35. The zero-order chi connectivity index (χ0) is 15.0. The Morgan fingerprint density at radius 2 is 1.95 bits per heavy atom. The smallest absolute Gasteiger partial charge is 0.0678 e. The van der Waals surface area contributed by atoms with Gasteiger partial charge in [0, 0.05) is 12.6 Å². The average Bonchev–Trinajstić information content (AvgIpc) is 2.50. The highest BCUT2D eigenvalue weighted by Gasteiger charge is 2.29. The number of nitrogens with one attached hydrogen (secondary N) is 1. The maximum absolute atomic E-state index is 9.90. The predicted octanol–water partition coefficient (Wildman–Crippen LogP) is 2.60. The summed E-state index contributed by atoms with van der Waals surface area (Å²) in [4.78, 5) is 2.38. The van der Waals surface area contributed by atoms with Crippen LogP contribution in [-0.4, -0.2) is 43.3 Å². The Balaban J connectivity index is 2.73. The first kappa shape index (κ1) is 17.2. The zero-order valence-electron chi connectivity index (χ0n) is 13.4. The second-order valence-electron chi connectivity index (χ2n) is 5.72. The van der Waals surface area contributed by atoms with Crippen molar-refractivity contribution >= 4 is 0 Å². The van der Waals surface area contributed by atoms with Crippen LogP contribution < -0.4 is 5.32 Å². The molecule has 3 nitrogen and oxygen atoms in total. The molecule has 0 aliphatic rings. The molecule has 0 saturated carbocycles. The summed E-state index contributed by atoms with van der Waals surface area (Å²) in [6, 6.07) is 10.8. The topological polar surface area (TPSA) is 35.5 Å². The monoisotopic (exact) mass is 278 g/mol. The lowest BCUT2D eigenvalue weighted by atomic mass is 9.87. The van der Waals surface area contributed by atoms with E-state index >= 15 is 0 Å². The number of hydrogen-bond donors (Lipinski definition) is 2. The highest BCUT2D eigenvalue weighted by Crippen LogP contribution is 2.25. The Labute approximate surface area is 124 Å². The third-order valence-corrected chi connectivity index (χ3v) is 4.43. The lowest BCUT2D eigenvalue weighted by Crippen LogP contribution is -2.46. The van der Waals surface area contributed by atoms with Crippen LogP contribution >= 0.6 is 0 Å². The Hall–Kier alpha value is -0.900. The van der Waals surface area contributed by atoms with Crippen LogP contribution in [0.2, 0.25) is 0 Å². The zero-order valence-corrected chi connectivity index (χ0v) is 13.4. The van der Waals surface area contributed by atoms with Crippen LogP contribution in [0.3, 0.4) is 0 Å². The number of nitrogens with zero attached hydrogens (tertiary/aromatic N) is 1. The Bertz CT molecular complexity index is 363. The summed E-state index contributed by atoms with van der Waals surface area (Å²) in [7, 11) is 4.10. The van der Waals surface area contributed by atoms with Crippen LogP contribution in [0.1, 0.15) is 38.7 Å². The molecule has 0 saturated heterocycles. The quantitative estimate of drug-likeness (QED) is 0.729. The van der Waals surface area contributed by atoms with Gasteiger partial charge >= 0.3 is 0 Å². The van der Waals surface area contributed by atoms with E-state index in [0.717, 1.165) is 18.5 Å². The lowest BCUT2D eigenvalue weighted by molar-refractivity contribution is 0.134. The van der Waals surface area contributed by atoms with Gasteiger partial charge in [-0.25, -0.2) is 0 Å². The average molecular weight is 278 g/mol. The number of aliphatic hydroxyl groups is 1. The Morgan fingerprint density at radius 3 is 2.45 bits per heavy atom. The van der Waals surface area contributed by atoms with E-state index in [1.165, 1.54) is 12.8 Å². The summed E-state index contributed by atoms with van der Waals surface area (Å²) in [6.07, 6.45) is 3.32. The fraction of sp³-hybridized carbons (Fsp3) is 0.647. The third-order valence-electron chi connectivity index (χ3n) is 4.43. The molecule has 0 spiro atoms. The molecule has 0 heterocycles. The summed E-state index contributed by atoms with van der Waals surface area (Å²) in [5, 5.41) is 13.2.